The molecule has 0 radical (unpaired) electrons. The van der Waals surface area contributed by atoms with Crippen molar-refractivity contribution in [2.24, 2.45) is 0 Å². The Kier molecular flexibility index (Phi) is 5.37. The Morgan fingerprint density at radius 3 is 2.50 bits per heavy atom. The molecule has 0 aliphatic heterocycles. The van der Waals surface area contributed by atoms with Gasteiger partial charge in [0.25, 0.3) is 5.56 Å². The standard InChI is InChI=1S/C25H24N2O2S/c28-24-22-20-10-6-1-2-7-11-21(20)30-25(22)27-23(26-24)18-12-14-19(15-13-18)29-16-17-8-4-3-5-9-17/h3-5,8-9,12-15H,1-2,6-7,10-11,16H2,(H,26,27,28). The highest BCUT2D eigenvalue weighted by Crippen LogP contribution is 2.33. The lowest BCUT2D eigenvalue weighted by Crippen LogP contribution is -2.10. The third kappa shape index (κ3) is 3.90. The van der Waals surface area contributed by atoms with E-state index in [-0.39, 0.29) is 5.56 Å². The van der Waals surface area contributed by atoms with Crippen molar-refractivity contribution in [1.82, 2.24) is 9.97 Å². The first kappa shape index (κ1) is 19.1. The number of ether oxygens (including phenoxy) is 1. The van der Waals surface area contributed by atoms with E-state index in [1.54, 1.807) is 11.3 Å². The number of aromatic nitrogens is 2. The van der Waals surface area contributed by atoms with Crippen molar-refractivity contribution < 1.29 is 4.74 Å². The van der Waals surface area contributed by atoms with Crippen LogP contribution in [0.2, 0.25) is 0 Å². The van der Waals surface area contributed by atoms with Gasteiger partial charge in [-0.3, -0.25) is 4.79 Å². The fourth-order valence-electron chi connectivity index (χ4n) is 4.10. The van der Waals surface area contributed by atoms with Gasteiger partial charge in [0, 0.05) is 10.4 Å². The van der Waals surface area contributed by atoms with E-state index in [2.05, 4.69) is 4.98 Å². The van der Waals surface area contributed by atoms with E-state index in [0.29, 0.717) is 12.4 Å². The van der Waals surface area contributed by atoms with Crippen LogP contribution in [-0.2, 0) is 19.4 Å². The maximum absolute atomic E-state index is 12.9. The summed E-state index contributed by atoms with van der Waals surface area (Å²) in [6.07, 6.45) is 6.95. The van der Waals surface area contributed by atoms with Crippen molar-refractivity contribution in [3.63, 3.8) is 0 Å². The number of hydrogen-bond donors (Lipinski definition) is 1. The lowest BCUT2D eigenvalue weighted by Gasteiger charge is -2.09. The molecule has 0 atom stereocenters. The number of thiophene rings is 1. The first-order valence-electron chi connectivity index (χ1n) is 10.6. The number of aromatic amines is 1. The van der Waals surface area contributed by atoms with Crippen molar-refractivity contribution >= 4 is 21.6 Å². The number of hydrogen-bond acceptors (Lipinski definition) is 4. The molecule has 2 aromatic carbocycles. The second-order valence-electron chi connectivity index (χ2n) is 7.81. The van der Waals surface area contributed by atoms with Crippen LogP contribution in [0.25, 0.3) is 21.6 Å². The highest BCUT2D eigenvalue weighted by Gasteiger charge is 2.18. The second kappa shape index (κ2) is 8.44. The van der Waals surface area contributed by atoms with Crippen LogP contribution in [0.4, 0.5) is 0 Å². The molecule has 0 unspecified atom stereocenters. The molecular weight excluding hydrogens is 392 g/mol. The molecule has 0 saturated heterocycles. The first-order valence-corrected chi connectivity index (χ1v) is 11.4. The highest BCUT2D eigenvalue weighted by molar-refractivity contribution is 7.18. The summed E-state index contributed by atoms with van der Waals surface area (Å²) in [5.74, 6) is 1.42. The molecule has 5 rings (SSSR count). The molecule has 4 aromatic rings. The van der Waals surface area contributed by atoms with Crippen molar-refractivity contribution in [2.75, 3.05) is 0 Å². The number of nitrogens with zero attached hydrogens (tertiary/aromatic N) is 1. The van der Waals surface area contributed by atoms with Gasteiger partial charge in [0.05, 0.1) is 5.39 Å². The zero-order valence-corrected chi connectivity index (χ0v) is 17.6. The molecule has 2 aromatic heterocycles. The number of nitrogens with one attached hydrogen (secondary N) is 1. The minimum atomic E-state index is -0.0162. The number of H-pyrrole nitrogens is 1. The van der Waals surface area contributed by atoms with E-state index in [9.17, 15) is 4.79 Å². The van der Waals surface area contributed by atoms with Crippen LogP contribution in [0.3, 0.4) is 0 Å². The summed E-state index contributed by atoms with van der Waals surface area (Å²) in [5, 5.41) is 0.809. The molecule has 0 amide bonds. The molecule has 152 valence electrons. The van der Waals surface area contributed by atoms with Gasteiger partial charge in [0.15, 0.2) is 0 Å². The Labute approximate surface area is 179 Å². The van der Waals surface area contributed by atoms with Crippen LogP contribution in [0.15, 0.2) is 59.4 Å². The monoisotopic (exact) mass is 416 g/mol. The van der Waals surface area contributed by atoms with Crippen molar-refractivity contribution in [3.05, 3.63) is 81.0 Å². The van der Waals surface area contributed by atoms with Gasteiger partial charge < -0.3 is 9.72 Å². The number of benzene rings is 2. The van der Waals surface area contributed by atoms with Crippen molar-refractivity contribution in [3.8, 4) is 17.1 Å². The Morgan fingerprint density at radius 1 is 0.933 bits per heavy atom. The van der Waals surface area contributed by atoms with E-state index in [4.69, 9.17) is 9.72 Å². The van der Waals surface area contributed by atoms with E-state index in [1.165, 1.54) is 29.7 Å². The number of rotatable bonds is 4. The minimum absolute atomic E-state index is 0.0162. The molecule has 0 bridgehead atoms. The van der Waals surface area contributed by atoms with Crippen LogP contribution in [0, 0.1) is 0 Å². The maximum atomic E-state index is 12.9. The lowest BCUT2D eigenvalue weighted by molar-refractivity contribution is 0.306. The van der Waals surface area contributed by atoms with Gasteiger partial charge in [-0.25, -0.2) is 4.98 Å². The molecule has 4 nitrogen and oxygen atoms in total. The minimum Gasteiger partial charge on any atom is -0.489 e. The first-order chi connectivity index (χ1) is 14.8. The Bertz CT molecular complexity index is 1210. The fourth-order valence-corrected chi connectivity index (χ4v) is 5.37. The summed E-state index contributed by atoms with van der Waals surface area (Å²) in [7, 11) is 0. The van der Waals surface area contributed by atoms with Crippen LogP contribution in [-0.4, -0.2) is 9.97 Å². The summed E-state index contributed by atoms with van der Waals surface area (Å²) < 4.78 is 5.87. The smallest absolute Gasteiger partial charge is 0.260 e. The quantitative estimate of drug-likeness (QED) is 0.451. The van der Waals surface area contributed by atoms with Gasteiger partial charge >= 0.3 is 0 Å². The third-order valence-corrected chi connectivity index (χ3v) is 6.89. The van der Waals surface area contributed by atoms with Gasteiger partial charge in [-0.15, -0.1) is 11.3 Å². The summed E-state index contributed by atoms with van der Waals surface area (Å²) in [5.41, 5.74) is 3.24. The molecular formula is C25H24N2O2S. The zero-order valence-electron chi connectivity index (χ0n) is 16.8. The van der Waals surface area contributed by atoms with E-state index in [0.717, 1.165) is 46.4 Å². The van der Waals surface area contributed by atoms with Gasteiger partial charge in [-0.2, -0.15) is 0 Å². The number of fused-ring (bicyclic) bond motifs is 3. The average molecular weight is 417 g/mol. The van der Waals surface area contributed by atoms with E-state index < -0.39 is 0 Å². The normalized spacial score (nSPS) is 14.1. The Balaban J connectivity index is 1.41. The van der Waals surface area contributed by atoms with Gasteiger partial charge in [-0.05, 0) is 61.1 Å². The fraction of sp³-hybridized carbons (Fsp3) is 0.280. The van der Waals surface area contributed by atoms with Gasteiger partial charge in [-0.1, -0.05) is 43.2 Å². The summed E-state index contributed by atoms with van der Waals surface area (Å²) >= 11 is 1.70. The molecule has 0 fully saturated rings. The average Bonchev–Trinajstić information content (AvgIpc) is 3.10. The summed E-state index contributed by atoms with van der Waals surface area (Å²) in [4.78, 5) is 23.0. The molecule has 0 saturated carbocycles. The van der Waals surface area contributed by atoms with Crippen LogP contribution in [0.5, 0.6) is 5.75 Å². The van der Waals surface area contributed by atoms with E-state index in [1.807, 2.05) is 54.6 Å². The largest absolute Gasteiger partial charge is 0.489 e. The lowest BCUT2D eigenvalue weighted by atomic mass is 9.98. The summed E-state index contributed by atoms with van der Waals surface area (Å²) in [6, 6.07) is 17.9. The Morgan fingerprint density at radius 2 is 1.70 bits per heavy atom. The zero-order chi connectivity index (χ0) is 20.3. The molecule has 1 aliphatic rings. The second-order valence-corrected chi connectivity index (χ2v) is 8.89. The molecule has 2 heterocycles. The van der Waals surface area contributed by atoms with Gasteiger partial charge in [0.1, 0.15) is 23.0 Å². The van der Waals surface area contributed by atoms with Crippen LogP contribution >= 0.6 is 11.3 Å². The molecule has 0 spiro atoms. The third-order valence-electron chi connectivity index (χ3n) is 5.70. The highest BCUT2D eigenvalue weighted by atomic mass is 32.1. The molecule has 1 N–H and O–H groups in total. The van der Waals surface area contributed by atoms with Crippen LogP contribution < -0.4 is 10.3 Å². The predicted molar refractivity (Wildman–Crippen MR) is 122 cm³/mol. The number of aryl methyl sites for hydroxylation is 2. The SMILES string of the molecule is O=c1[nH]c(-c2ccc(OCc3ccccc3)cc2)nc2sc3c(c12)CCCCCC3. The maximum Gasteiger partial charge on any atom is 0.260 e. The van der Waals surface area contributed by atoms with Crippen molar-refractivity contribution in [2.45, 2.75) is 45.1 Å². The van der Waals surface area contributed by atoms with Gasteiger partial charge in [0.2, 0.25) is 0 Å². The molecule has 1 aliphatic carbocycles. The van der Waals surface area contributed by atoms with E-state index >= 15 is 0 Å². The van der Waals surface area contributed by atoms with Crippen LogP contribution in [0.1, 0.15) is 41.7 Å². The Hall–Kier alpha value is -2.92. The summed E-state index contributed by atoms with van der Waals surface area (Å²) in [6.45, 7) is 0.530. The molecule has 30 heavy (non-hydrogen) atoms. The topological polar surface area (TPSA) is 55.0 Å². The van der Waals surface area contributed by atoms with Crippen molar-refractivity contribution in [1.29, 1.82) is 0 Å². The molecule has 5 heteroatoms. The predicted octanol–water partition coefficient (Wildman–Crippen LogP) is 5.89.